The zero-order chi connectivity index (χ0) is 8.32. The molecule has 0 atom stereocenters. The van der Waals surface area contributed by atoms with E-state index in [-0.39, 0.29) is 5.79 Å². The molecule has 0 N–H and O–H groups in total. The van der Waals surface area contributed by atoms with Gasteiger partial charge in [0.15, 0.2) is 5.79 Å². The van der Waals surface area contributed by atoms with E-state index in [1.165, 1.54) is 0 Å². The Morgan fingerprint density at radius 2 is 1.82 bits per heavy atom. The van der Waals surface area contributed by atoms with Crippen LogP contribution < -0.4 is 0 Å². The highest BCUT2D eigenvalue weighted by Gasteiger charge is 2.34. The van der Waals surface area contributed by atoms with Gasteiger partial charge in [-0.15, -0.1) is 0 Å². The summed E-state index contributed by atoms with van der Waals surface area (Å²) in [6.07, 6.45) is 0.922. The third kappa shape index (κ3) is 2.15. The monoisotopic (exact) mass is 159 g/mol. The van der Waals surface area contributed by atoms with Crippen molar-refractivity contribution in [2.75, 3.05) is 33.9 Å². The van der Waals surface area contributed by atoms with E-state index in [1.54, 1.807) is 0 Å². The van der Waals surface area contributed by atoms with Crippen molar-refractivity contribution in [2.24, 2.45) is 0 Å². The van der Waals surface area contributed by atoms with Crippen LogP contribution >= 0.6 is 0 Å². The molecule has 66 valence electrons. The van der Waals surface area contributed by atoms with Crippen molar-refractivity contribution < 1.29 is 9.47 Å². The molecular weight excluding hydrogens is 142 g/mol. The summed E-state index contributed by atoms with van der Waals surface area (Å²) in [6.45, 7) is 4.42. The largest absolute Gasteiger partial charge is 0.346 e. The average molecular weight is 159 g/mol. The van der Waals surface area contributed by atoms with E-state index in [9.17, 15) is 0 Å². The third-order valence-corrected chi connectivity index (χ3v) is 1.91. The Morgan fingerprint density at radius 1 is 1.27 bits per heavy atom. The molecule has 1 rings (SSSR count). The normalized spacial score (nSPS) is 22.9. The van der Waals surface area contributed by atoms with E-state index >= 15 is 0 Å². The number of rotatable bonds is 3. The van der Waals surface area contributed by atoms with Crippen LogP contribution in [0.4, 0.5) is 0 Å². The second-order valence-corrected chi connectivity index (χ2v) is 3.20. The summed E-state index contributed by atoms with van der Waals surface area (Å²) in [6, 6.07) is 0. The quantitative estimate of drug-likeness (QED) is 0.605. The lowest BCUT2D eigenvalue weighted by Gasteiger charge is -2.28. The van der Waals surface area contributed by atoms with Gasteiger partial charge in [-0.3, -0.25) is 0 Å². The lowest BCUT2D eigenvalue weighted by atomic mass is 10.2. The van der Waals surface area contributed by atoms with Gasteiger partial charge >= 0.3 is 0 Å². The van der Waals surface area contributed by atoms with Crippen LogP contribution in [-0.2, 0) is 9.47 Å². The number of hydrogen-bond acceptors (Lipinski definition) is 3. The maximum absolute atomic E-state index is 5.54. The molecule has 0 radical (unpaired) electrons. The van der Waals surface area contributed by atoms with Gasteiger partial charge in [0.2, 0.25) is 0 Å². The van der Waals surface area contributed by atoms with Crippen molar-refractivity contribution in [3.63, 3.8) is 0 Å². The fourth-order valence-electron chi connectivity index (χ4n) is 1.39. The van der Waals surface area contributed by atoms with E-state index in [0.717, 1.165) is 26.2 Å². The van der Waals surface area contributed by atoms with E-state index in [1.807, 2.05) is 14.1 Å². The van der Waals surface area contributed by atoms with Crippen molar-refractivity contribution in [3.8, 4) is 0 Å². The van der Waals surface area contributed by atoms with Crippen LogP contribution in [0, 0.1) is 0 Å². The van der Waals surface area contributed by atoms with Gasteiger partial charge in [0.1, 0.15) is 0 Å². The van der Waals surface area contributed by atoms with Gasteiger partial charge in [0.05, 0.1) is 19.8 Å². The summed E-state index contributed by atoms with van der Waals surface area (Å²) < 4.78 is 11.1. The maximum Gasteiger partial charge on any atom is 0.180 e. The van der Waals surface area contributed by atoms with Gasteiger partial charge in [-0.1, -0.05) is 6.92 Å². The fraction of sp³-hybridized carbons (Fsp3) is 1.00. The standard InChI is InChI=1S/C8H17NO2/c1-4-8(7-9(2)3)10-5-6-11-8/h4-7H2,1-3H3. The minimum Gasteiger partial charge on any atom is -0.346 e. The highest BCUT2D eigenvalue weighted by Crippen LogP contribution is 2.23. The molecule has 1 aliphatic rings. The van der Waals surface area contributed by atoms with Gasteiger partial charge in [-0.2, -0.15) is 0 Å². The lowest BCUT2D eigenvalue weighted by Crippen LogP contribution is -2.40. The molecule has 3 heteroatoms. The van der Waals surface area contributed by atoms with E-state index in [4.69, 9.17) is 9.47 Å². The molecule has 0 aromatic heterocycles. The first-order chi connectivity index (χ1) is 5.18. The molecule has 3 nitrogen and oxygen atoms in total. The van der Waals surface area contributed by atoms with Gasteiger partial charge in [-0.25, -0.2) is 0 Å². The molecule has 0 aromatic carbocycles. The molecule has 0 bridgehead atoms. The molecule has 1 heterocycles. The Kier molecular flexibility index (Phi) is 2.87. The van der Waals surface area contributed by atoms with Gasteiger partial charge < -0.3 is 14.4 Å². The van der Waals surface area contributed by atoms with E-state index in [2.05, 4.69) is 11.8 Å². The average Bonchev–Trinajstić information content (AvgIpc) is 2.36. The predicted molar refractivity (Wildman–Crippen MR) is 43.5 cm³/mol. The fourth-order valence-corrected chi connectivity index (χ4v) is 1.39. The summed E-state index contributed by atoms with van der Waals surface area (Å²) >= 11 is 0. The lowest BCUT2D eigenvalue weighted by molar-refractivity contribution is -0.167. The minimum absolute atomic E-state index is 0.316. The Hall–Kier alpha value is -0.120. The molecular formula is C8H17NO2. The molecule has 0 unspecified atom stereocenters. The number of likely N-dealkylation sites (N-methyl/N-ethyl adjacent to an activating group) is 1. The highest BCUT2D eigenvalue weighted by molar-refractivity contribution is 4.74. The second kappa shape index (κ2) is 3.52. The highest BCUT2D eigenvalue weighted by atomic mass is 16.7. The number of nitrogens with zero attached hydrogens (tertiary/aromatic N) is 1. The second-order valence-electron chi connectivity index (χ2n) is 3.20. The zero-order valence-electron chi connectivity index (χ0n) is 7.59. The Balaban J connectivity index is 2.45. The van der Waals surface area contributed by atoms with Crippen LogP contribution in [-0.4, -0.2) is 44.5 Å². The molecule has 0 amide bonds. The Bertz CT molecular complexity index is 119. The molecule has 0 aliphatic carbocycles. The molecule has 1 saturated heterocycles. The van der Waals surface area contributed by atoms with Crippen LogP contribution in [0.3, 0.4) is 0 Å². The van der Waals surface area contributed by atoms with Crippen molar-refractivity contribution in [1.29, 1.82) is 0 Å². The van der Waals surface area contributed by atoms with Crippen LogP contribution in [0.25, 0.3) is 0 Å². The SMILES string of the molecule is CCC1(CN(C)C)OCCO1. The van der Waals surface area contributed by atoms with Crippen molar-refractivity contribution in [2.45, 2.75) is 19.1 Å². The van der Waals surface area contributed by atoms with Crippen molar-refractivity contribution in [1.82, 2.24) is 4.90 Å². The first-order valence-corrected chi connectivity index (χ1v) is 4.11. The topological polar surface area (TPSA) is 21.7 Å². The predicted octanol–water partition coefficient (Wildman–Crippen LogP) is 0.701. The van der Waals surface area contributed by atoms with E-state index < -0.39 is 0 Å². The van der Waals surface area contributed by atoms with Gasteiger partial charge in [-0.05, 0) is 20.5 Å². The zero-order valence-corrected chi connectivity index (χ0v) is 7.59. The molecule has 1 fully saturated rings. The first kappa shape index (κ1) is 8.97. The summed E-state index contributed by atoms with van der Waals surface area (Å²) in [5, 5.41) is 0. The summed E-state index contributed by atoms with van der Waals surface area (Å²) in [5.41, 5.74) is 0. The summed E-state index contributed by atoms with van der Waals surface area (Å²) in [7, 11) is 4.06. The number of ether oxygens (including phenoxy) is 2. The van der Waals surface area contributed by atoms with E-state index in [0.29, 0.717) is 0 Å². The van der Waals surface area contributed by atoms with Crippen LogP contribution in [0.5, 0.6) is 0 Å². The molecule has 11 heavy (non-hydrogen) atoms. The van der Waals surface area contributed by atoms with Gasteiger partial charge in [0, 0.05) is 0 Å². The summed E-state index contributed by atoms with van der Waals surface area (Å²) in [4.78, 5) is 2.09. The minimum atomic E-state index is -0.316. The third-order valence-electron chi connectivity index (χ3n) is 1.91. The molecule has 0 spiro atoms. The Labute approximate surface area is 68.3 Å². The van der Waals surface area contributed by atoms with Crippen LogP contribution in [0.15, 0.2) is 0 Å². The molecule has 1 aliphatic heterocycles. The van der Waals surface area contributed by atoms with Crippen molar-refractivity contribution >= 4 is 0 Å². The van der Waals surface area contributed by atoms with Crippen LogP contribution in [0.2, 0.25) is 0 Å². The maximum atomic E-state index is 5.54. The van der Waals surface area contributed by atoms with Gasteiger partial charge in [0.25, 0.3) is 0 Å². The van der Waals surface area contributed by atoms with Crippen LogP contribution in [0.1, 0.15) is 13.3 Å². The number of hydrogen-bond donors (Lipinski definition) is 0. The van der Waals surface area contributed by atoms with Crippen molar-refractivity contribution in [3.05, 3.63) is 0 Å². The Morgan fingerprint density at radius 3 is 2.18 bits per heavy atom. The molecule has 0 saturated carbocycles. The molecule has 0 aromatic rings. The first-order valence-electron chi connectivity index (χ1n) is 4.11. The summed E-state index contributed by atoms with van der Waals surface area (Å²) in [5.74, 6) is -0.316. The smallest absolute Gasteiger partial charge is 0.180 e.